The lowest BCUT2D eigenvalue weighted by molar-refractivity contribution is -0.152. The third-order valence-electron chi connectivity index (χ3n) is 5.28. The summed E-state index contributed by atoms with van der Waals surface area (Å²) in [6.07, 6.45) is 5.34. The van der Waals surface area contributed by atoms with Crippen LogP contribution in [0.25, 0.3) is 0 Å². The summed E-state index contributed by atoms with van der Waals surface area (Å²) in [5.41, 5.74) is 1.47. The van der Waals surface area contributed by atoms with Gasteiger partial charge in [0.2, 0.25) is 6.29 Å². The maximum absolute atomic E-state index is 12.9. The fraction of sp³-hybridized carbons (Fsp3) is 0.545. The predicted molar refractivity (Wildman–Crippen MR) is 106 cm³/mol. The van der Waals surface area contributed by atoms with Crippen molar-refractivity contribution >= 4 is 11.9 Å². The molecule has 1 aromatic rings. The third-order valence-corrected chi connectivity index (χ3v) is 5.28. The minimum absolute atomic E-state index is 0.0557. The van der Waals surface area contributed by atoms with Gasteiger partial charge < -0.3 is 24.2 Å². The van der Waals surface area contributed by atoms with Gasteiger partial charge in [0, 0.05) is 32.0 Å². The Balaban J connectivity index is 1.76. The summed E-state index contributed by atoms with van der Waals surface area (Å²) in [6.45, 7) is 2.09. The highest BCUT2D eigenvalue weighted by molar-refractivity contribution is 5.92. The molecule has 29 heavy (non-hydrogen) atoms. The summed E-state index contributed by atoms with van der Waals surface area (Å²) in [7, 11) is 1.35. The van der Waals surface area contributed by atoms with Crippen LogP contribution in [0.5, 0.6) is 0 Å². The van der Waals surface area contributed by atoms with E-state index in [-0.39, 0.29) is 24.4 Å². The highest BCUT2D eigenvalue weighted by atomic mass is 16.7. The predicted octanol–water partition coefficient (Wildman–Crippen LogP) is 2.60. The Labute approximate surface area is 171 Å². The number of hydrogen-bond acceptors (Lipinski definition) is 6. The number of aliphatic hydroxyl groups is 1. The van der Waals surface area contributed by atoms with Crippen molar-refractivity contribution < 1.29 is 28.9 Å². The second kappa shape index (κ2) is 10.4. The largest absolute Gasteiger partial charge is 0.465 e. The van der Waals surface area contributed by atoms with Gasteiger partial charge in [-0.25, -0.2) is 4.79 Å². The fourth-order valence-electron chi connectivity index (χ4n) is 3.63. The van der Waals surface area contributed by atoms with Crippen molar-refractivity contribution in [2.24, 2.45) is 0 Å². The fourth-order valence-corrected chi connectivity index (χ4v) is 3.63. The number of benzene rings is 1. The Morgan fingerprint density at radius 1 is 1.17 bits per heavy atom. The van der Waals surface area contributed by atoms with Crippen molar-refractivity contribution in [1.82, 2.24) is 4.90 Å². The van der Waals surface area contributed by atoms with Gasteiger partial charge in [-0.15, -0.1) is 0 Å². The summed E-state index contributed by atoms with van der Waals surface area (Å²) in [5, 5.41) is 8.93. The zero-order valence-electron chi connectivity index (χ0n) is 16.8. The lowest BCUT2D eigenvalue weighted by Crippen LogP contribution is -2.35. The quantitative estimate of drug-likeness (QED) is 0.531. The van der Waals surface area contributed by atoms with Crippen molar-refractivity contribution in [2.45, 2.75) is 44.3 Å². The van der Waals surface area contributed by atoms with E-state index < -0.39 is 6.29 Å². The van der Waals surface area contributed by atoms with E-state index in [2.05, 4.69) is 0 Å². The summed E-state index contributed by atoms with van der Waals surface area (Å²) in [6, 6.07) is 7.20. The van der Waals surface area contributed by atoms with E-state index in [1.54, 1.807) is 12.1 Å². The Kier molecular flexibility index (Phi) is 7.66. The summed E-state index contributed by atoms with van der Waals surface area (Å²) >= 11 is 0. The maximum Gasteiger partial charge on any atom is 0.337 e. The van der Waals surface area contributed by atoms with Gasteiger partial charge in [-0.2, -0.15) is 0 Å². The molecule has 2 aliphatic rings. The molecule has 0 spiro atoms. The van der Waals surface area contributed by atoms with E-state index in [9.17, 15) is 9.59 Å². The van der Waals surface area contributed by atoms with Crippen LogP contribution in [0.2, 0.25) is 0 Å². The first-order valence-electron chi connectivity index (χ1n) is 10.2. The van der Waals surface area contributed by atoms with E-state index in [4.69, 9.17) is 19.3 Å². The molecule has 158 valence electrons. The van der Waals surface area contributed by atoms with Gasteiger partial charge in [0.25, 0.3) is 5.91 Å². The average molecular weight is 403 g/mol. The van der Waals surface area contributed by atoms with E-state index in [1.165, 1.54) is 7.11 Å². The Bertz CT molecular complexity index is 723. The van der Waals surface area contributed by atoms with Gasteiger partial charge in [0.1, 0.15) is 0 Å². The molecular formula is C22H29NO6. The number of nitrogens with zero attached hydrogens (tertiary/aromatic N) is 1. The number of carbonyl (C=O) groups excluding carboxylic acids is 2. The summed E-state index contributed by atoms with van der Waals surface area (Å²) in [5.74, 6) is -0.205. The van der Waals surface area contributed by atoms with E-state index >= 15 is 0 Å². The van der Waals surface area contributed by atoms with E-state index in [1.807, 2.05) is 23.1 Å². The van der Waals surface area contributed by atoms with E-state index in [0.29, 0.717) is 30.8 Å². The van der Waals surface area contributed by atoms with Crippen molar-refractivity contribution in [3.8, 4) is 0 Å². The van der Waals surface area contributed by atoms with Gasteiger partial charge in [-0.1, -0.05) is 12.1 Å². The molecule has 0 bridgehead atoms. The maximum atomic E-state index is 12.9. The highest BCUT2D eigenvalue weighted by Crippen LogP contribution is 2.32. The van der Waals surface area contributed by atoms with Gasteiger partial charge in [-0.05, 0) is 49.5 Å². The Morgan fingerprint density at radius 3 is 2.55 bits per heavy atom. The van der Waals surface area contributed by atoms with Crippen LogP contribution in [0.4, 0.5) is 0 Å². The van der Waals surface area contributed by atoms with Crippen LogP contribution in [-0.4, -0.2) is 61.6 Å². The van der Waals surface area contributed by atoms with Crippen molar-refractivity contribution in [3.63, 3.8) is 0 Å². The molecule has 0 unspecified atom stereocenters. The molecule has 7 nitrogen and oxygen atoms in total. The molecule has 2 atom stereocenters. The number of unbranched alkanes of at least 4 members (excludes halogenated alkanes) is 1. The second-order valence-corrected chi connectivity index (χ2v) is 7.33. The molecule has 1 aromatic carbocycles. The van der Waals surface area contributed by atoms with Gasteiger partial charge in [-0.3, -0.25) is 4.79 Å². The van der Waals surface area contributed by atoms with Gasteiger partial charge >= 0.3 is 5.97 Å². The minimum Gasteiger partial charge on any atom is -0.465 e. The highest BCUT2D eigenvalue weighted by Gasteiger charge is 2.31. The molecule has 1 fully saturated rings. The van der Waals surface area contributed by atoms with Crippen molar-refractivity contribution in [2.75, 3.05) is 33.4 Å². The first kappa shape index (κ1) is 21.3. The third kappa shape index (κ3) is 5.58. The number of hydrogen-bond donors (Lipinski definition) is 1. The first-order valence-corrected chi connectivity index (χ1v) is 10.2. The number of ether oxygens (including phenoxy) is 3. The molecule has 1 amide bonds. The van der Waals surface area contributed by atoms with Crippen LogP contribution >= 0.6 is 0 Å². The van der Waals surface area contributed by atoms with Gasteiger partial charge in [0.15, 0.2) is 5.76 Å². The van der Waals surface area contributed by atoms with Crippen LogP contribution in [-0.2, 0) is 19.0 Å². The Hall–Kier alpha value is -2.38. The normalized spacial score (nSPS) is 21.4. The lowest BCUT2D eigenvalue weighted by Gasteiger charge is -2.30. The van der Waals surface area contributed by atoms with Crippen LogP contribution in [0.3, 0.4) is 0 Å². The van der Waals surface area contributed by atoms with Crippen molar-refractivity contribution in [3.05, 3.63) is 47.2 Å². The van der Waals surface area contributed by atoms with Crippen LogP contribution in [0.1, 0.15) is 53.9 Å². The standard InChI is InChI=1S/C22H29NO6/c1-27-22(26)17-8-6-16(7-9-17)18-14-19(21(25)23-10-2-3-11-23)29-20(15-18)28-13-5-4-12-24/h6-9,14,18,20,24H,2-5,10-13,15H2,1H3/t18-,20+/m1/s1. The molecular weight excluding hydrogens is 374 g/mol. The number of likely N-dealkylation sites (tertiary alicyclic amines) is 1. The molecule has 3 rings (SSSR count). The molecule has 1 saturated heterocycles. The molecule has 2 heterocycles. The minimum atomic E-state index is -0.523. The zero-order valence-corrected chi connectivity index (χ0v) is 16.8. The van der Waals surface area contributed by atoms with Crippen molar-refractivity contribution in [1.29, 1.82) is 0 Å². The Morgan fingerprint density at radius 2 is 1.90 bits per heavy atom. The average Bonchev–Trinajstić information content (AvgIpc) is 3.30. The molecule has 0 aliphatic carbocycles. The van der Waals surface area contributed by atoms with Gasteiger partial charge in [0.05, 0.1) is 19.3 Å². The summed E-state index contributed by atoms with van der Waals surface area (Å²) in [4.78, 5) is 26.4. The number of allylic oxidation sites excluding steroid dienone is 1. The number of esters is 1. The lowest BCUT2D eigenvalue weighted by atomic mass is 9.92. The molecule has 0 radical (unpaired) electrons. The van der Waals surface area contributed by atoms with Crippen LogP contribution in [0.15, 0.2) is 36.1 Å². The molecule has 1 N–H and O–H groups in total. The zero-order chi connectivity index (χ0) is 20.6. The monoisotopic (exact) mass is 403 g/mol. The number of methoxy groups -OCH3 is 1. The summed E-state index contributed by atoms with van der Waals surface area (Å²) < 4.78 is 16.5. The topological polar surface area (TPSA) is 85.3 Å². The number of rotatable bonds is 8. The van der Waals surface area contributed by atoms with E-state index in [0.717, 1.165) is 37.9 Å². The second-order valence-electron chi connectivity index (χ2n) is 7.33. The molecule has 7 heteroatoms. The van der Waals surface area contributed by atoms with Crippen LogP contribution < -0.4 is 0 Å². The smallest absolute Gasteiger partial charge is 0.337 e. The molecule has 0 aromatic heterocycles. The number of carbonyl (C=O) groups is 2. The number of amides is 1. The van der Waals surface area contributed by atoms with Crippen LogP contribution in [0, 0.1) is 0 Å². The number of aliphatic hydroxyl groups excluding tert-OH is 1. The molecule has 2 aliphatic heterocycles. The SMILES string of the molecule is COC(=O)c1ccc([C@@H]2C=C(C(=O)N3CCCC3)O[C@H](OCCCCO)C2)cc1. The first-order chi connectivity index (χ1) is 14.1. The molecule has 0 saturated carbocycles.